The van der Waals surface area contributed by atoms with E-state index in [0.717, 1.165) is 45.1 Å². The minimum Gasteiger partial charge on any atom is -0.381 e. The predicted octanol–water partition coefficient (Wildman–Crippen LogP) is 1.17. The lowest BCUT2D eigenvalue weighted by Crippen LogP contribution is -2.44. The van der Waals surface area contributed by atoms with Crippen LogP contribution in [0.3, 0.4) is 0 Å². The molecule has 0 radical (unpaired) electrons. The second-order valence-corrected chi connectivity index (χ2v) is 7.10. The molecule has 7 heteroatoms. The Labute approximate surface area is 153 Å². The van der Waals surface area contributed by atoms with Gasteiger partial charge in [0.1, 0.15) is 5.82 Å². The van der Waals surface area contributed by atoms with Crippen molar-refractivity contribution >= 4 is 11.9 Å². The molecular weight excluding hydrogens is 335 g/mol. The van der Waals surface area contributed by atoms with E-state index >= 15 is 0 Å². The molecule has 1 spiro atoms. The van der Waals surface area contributed by atoms with Crippen molar-refractivity contribution in [2.45, 2.75) is 19.3 Å². The predicted molar refractivity (Wildman–Crippen MR) is 98.5 cm³/mol. The number of carbonyl (C=O) groups is 1. The number of guanidine groups is 1. The minimum absolute atomic E-state index is 0.115. The van der Waals surface area contributed by atoms with Gasteiger partial charge < -0.3 is 20.3 Å². The van der Waals surface area contributed by atoms with E-state index in [9.17, 15) is 9.18 Å². The van der Waals surface area contributed by atoms with Crippen molar-refractivity contribution in [3.63, 3.8) is 0 Å². The van der Waals surface area contributed by atoms with Crippen LogP contribution in [0.15, 0.2) is 29.3 Å². The Bertz CT molecular complexity index is 659. The summed E-state index contributed by atoms with van der Waals surface area (Å²) < 4.78 is 18.7. The molecule has 142 valence electrons. The first-order valence-electron chi connectivity index (χ1n) is 9.15. The van der Waals surface area contributed by atoms with Gasteiger partial charge in [-0.3, -0.25) is 9.79 Å². The number of nitrogens with one attached hydrogen (secondary N) is 2. The third kappa shape index (κ3) is 4.72. The molecule has 1 aromatic carbocycles. The van der Waals surface area contributed by atoms with E-state index in [2.05, 4.69) is 20.5 Å². The van der Waals surface area contributed by atoms with Crippen LogP contribution in [0.25, 0.3) is 0 Å². The van der Waals surface area contributed by atoms with Crippen LogP contribution < -0.4 is 10.6 Å². The normalized spacial score (nSPS) is 22.8. The van der Waals surface area contributed by atoms with E-state index in [4.69, 9.17) is 4.74 Å². The summed E-state index contributed by atoms with van der Waals surface area (Å²) in [6.07, 6.45) is 2.44. The average Bonchev–Trinajstić information content (AvgIpc) is 3.25. The zero-order valence-corrected chi connectivity index (χ0v) is 15.3. The summed E-state index contributed by atoms with van der Waals surface area (Å²) in [5.41, 5.74) is 0.962. The van der Waals surface area contributed by atoms with Crippen LogP contribution in [-0.4, -0.2) is 63.2 Å². The van der Waals surface area contributed by atoms with Gasteiger partial charge in [-0.05, 0) is 30.5 Å². The second kappa shape index (κ2) is 8.49. The SMILES string of the molecule is CN=C(NCCNC(=O)Cc1cccc(F)c1)N1CCC2(CCOC2)C1. The monoisotopic (exact) mass is 362 g/mol. The van der Waals surface area contributed by atoms with Crippen molar-refractivity contribution in [3.8, 4) is 0 Å². The summed E-state index contributed by atoms with van der Waals surface area (Å²) in [6.45, 7) is 4.75. The fourth-order valence-electron chi connectivity index (χ4n) is 3.69. The number of nitrogens with zero attached hydrogens (tertiary/aromatic N) is 2. The van der Waals surface area contributed by atoms with Crippen molar-refractivity contribution in [2.24, 2.45) is 10.4 Å². The highest BCUT2D eigenvalue weighted by molar-refractivity contribution is 5.80. The van der Waals surface area contributed by atoms with Gasteiger partial charge in [0.05, 0.1) is 13.0 Å². The Kier molecular flexibility index (Phi) is 6.08. The smallest absolute Gasteiger partial charge is 0.224 e. The standard InChI is InChI=1S/C19H27FN4O2/c1-21-18(24-9-5-19(13-24)6-10-26-14-19)23-8-7-22-17(25)12-15-3-2-4-16(20)11-15/h2-4,11H,5-10,12-14H2,1H3,(H,21,23)(H,22,25). The van der Waals surface area contributed by atoms with Gasteiger partial charge in [0.15, 0.2) is 5.96 Å². The summed E-state index contributed by atoms with van der Waals surface area (Å²) in [5, 5.41) is 6.16. The minimum atomic E-state index is -0.322. The molecule has 2 heterocycles. The van der Waals surface area contributed by atoms with E-state index in [0.29, 0.717) is 18.7 Å². The first kappa shape index (κ1) is 18.6. The lowest BCUT2D eigenvalue weighted by molar-refractivity contribution is -0.120. The van der Waals surface area contributed by atoms with Gasteiger partial charge in [0.2, 0.25) is 5.91 Å². The molecular formula is C19H27FN4O2. The summed E-state index contributed by atoms with van der Waals surface area (Å²) >= 11 is 0. The van der Waals surface area contributed by atoms with Crippen molar-refractivity contribution < 1.29 is 13.9 Å². The molecule has 0 saturated carbocycles. The zero-order valence-electron chi connectivity index (χ0n) is 15.3. The number of ether oxygens (including phenoxy) is 1. The van der Waals surface area contributed by atoms with Gasteiger partial charge in [-0.2, -0.15) is 0 Å². The first-order valence-corrected chi connectivity index (χ1v) is 9.15. The van der Waals surface area contributed by atoms with Gasteiger partial charge in [-0.15, -0.1) is 0 Å². The number of rotatable bonds is 5. The molecule has 1 unspecified atom stereocenters. The van der Waals surface area contributed by atoms with Crippen molar-refractivity contribution in [2.75, 3.05) is 46.4 Å². The topological polar surface area (TPSA) is 66.0 Å². The van der Waals surface area contributed by atoms with E-state index in [1.165, 1.54) is 12.1 Å². The molecule has 1 amide bonds. The highest BCUT2D eigenvalue weighted by Gasteiger charge is 2.42. The number of hydrogen-bond acceptors (Lipinski definition) is 3. The number of aliphatic imine (C=N–C) groups is 1. The van der Waals surface area contributed by atoms with Gasteiger partial charge in [0.25, 0.3) is 0 Å². The van der Waals surface area contributed by atoms with Gasteiger partial charge >= 0.3 is 0 Å². The maximum Gasteiger partial charge on any atom is 0.224 e. The molecule has 2 fully saturated rings. The van der Waals surface area contributed by atoms with Crippen LogP contribution in [0.1, 0.15) is 18.4 Å². The molecule has 1 aromatic rings. The van der Waals surface area contributed by atoms with Crippen molar-refractivity contribution in [3.05, 3.63) is 35.6 Å². The van der Waals surface area contributed by atoms with E-state index in [1.54, 1.807) is 19.2 Å². The highest BCUT2D eigenvalue weighted by atomic mass is 19.1. The zero-order chi connectivity index (χ0) is 18.4. The number of halogens is 1. The van der Waals surface area contributed by atoms with E-state index in [-0.39, 0.29) is 23.6 Å². The third-order valence-corrected chi connectivity index (χ3v) is 5.12. The van der Waals surface area contributed by atoms with Crippen LogP contribution in [0.5, 0.6) is 0 Å². The average molecular weight is 362 g/mol. The molecule has 2 aliphatic rings. The number of hydrogen-bond donors (Lipinski definition) is 2. The number of benzene rings is 1. The van der Waals surface area contributed by atoms with Gasteiger partial charge in [-0.1, -0.05) is 12.1 Å². The summed E-state index contributed by atoms with van der Waals surface area (Å²) in [5.74, 6) is 0.431. The third-order valence-electron chi connectivity index (χ3n) is 5.12. The summed E-state index contributed by atoms with van der Waals surface area (Å²) in [4.78, 5) is 18.6. The fraction of sp³-hybridized carbons (Fsp3) is 0.579. The Morgan fingerprint density at radius 3 is 2.92 bits per heavy atom. The number of amides is 1. The fourth-order valence-corrected chi connectivity index (χ4v) is 3.69. The molecule has 6 nitrogen and oxygen atoms in total. The molecule has 1 atom stereocenters. The van der Waals surface area contributed by atoms with Crippen LogP contribution in [0, 0.1) is 11.2 Å². The maximum absolute atomic E-state index is 13.1. The molecule has 2 saturated heterocycles. The van der Waals surface area contributed by atoms with E-state index < -0.39 is 0 Å². The van der Waals surface area contributed by atoms with Crippen LogP contribution in [-0.2, 0) is 16.0 Å². The summed E-state index contributed by atoms with van der Waals surface area (Å²) in [7, 11) is 1.78. The number of carbonyl (C=O) groups excluding carboxylic acids is 1. The molecule has 2 N–H and O–H groups in total. The quantitative estimate of drug-likeness (QED) is 0.469. The lowest BCUT2D eigenvalue weighted by atomic mass is 9.87. The Hall–Kier alpha value is -2.15. The molecule has 3 rings (SSSR count). The largest absolute Gasteiger partial charge is 0.381 e. The van der Waals surface area contributed by atoms with Crippen LogP contribution in [0.2, 0.25) is 0 Å². The number of likely N-dealkylation sites (tertiary alicyclic amines) is 1. The molecule has 0 aromatic heterocycles. The van der Waals surface area contributed by atoms with Crippen molar-refractivity contribution in [1.82, 2.24) is 15.5 Å². The highest BCUT2D eigenvalue weighted by Crippen LogP contribution is 2.38. The van der Waals surface area contributed by atoms with Gasteiger partial charge in [-0.25, -0.2) is 4.39 Å². The molecule has 2 aliphatic heterocycles. The lowest BCUT2D eigenvalue weighted by Gasteiger charge is -2.25. The summed E-state index contributed by atoms with van der Waals surface area (Å²) in [6, 6.07) is 6.12. The van der Waals surface area contributed by atoms with Crippen molar-refractivity contribution in [1.29, 1.82) is 0 Å². The Morgan fingerprint density at radius 2 is 2.19 bits per heavy atom. The van der Waals surface area contributed by atoms with E-state index in [1.807, 2.05) is 0 Å². The first-order chi connectivity index (χ1) is 12.6. The Morgan fingerprint density at radius 1 is 1.35 bits per heavy atom. The molecule has 0 aliphatic carbocycles. The second-order valence-electron chi connectivity index (χ2n) is 7.10. The van der Waals surface area contributed by atoms with Crippen LogP contribution >= 0.6 is 0 Å². The Balaban J connectivity index is 1.37. The maximum atomic E-state index is 13.1. The molecule has 26 heavy (non-hydrogen) atoms. The van der Waals surface area contributed by atoms with Gasteiger partial charge in [0, 0.05) is 45.2 Å². The van der Waals surface area contributed by atoms with Crippen LogP contribution in [0.4, 0.5) is 4.39 Å². The molecule has 0 bridgehead atoms.